The van der Waals surface area contributed by atoms with Crippen LogP contribution in [0.2, 0.25) is 0 Å². The molecule has 0 saturated carbocycles. The van der Waals surface area contributed by atoms with Gasteiger partial charge in [0.25, 0.3) is 0 Å². The molecule has 1 aromatic heterocycles. The molecule has 2 nitrogen and oxygen atoms in total. The molecule has 0 unspecified atom stereocenters. The van der Waals surface area contributed by atoms with Crippen molar-refractivity contribution in [2.45, 2.75) is 16.3 Å². The lowest BCUT2D eigenvalue weighted by molar-refractivity contribution is 0.187. The Balaban J connectivity index is 1.73. The molecular weight excluding hydrogens is 290 g/mol. The van der Waals surface area contributed by atoms with Crippen LogP contribution in [0.4, 0.5) is 0 Å². The van der Waals surface area contributed by atoms with E-state index in [0.29, 0.717) is 0 Å². The van der Waals surface area contributed by atoms with Crippen molar-refractivity contribution in [3.05, 3.63) is 31.7 Å². The third kappa shape index (κ3) is 2.61. The smallest absolute Gasteiger partial charge is 0.0707 e. The Morgan fingerprint density at radius 2 is 1.71 bits per heavy atom. The highest BCUT2D eigenvalue weighted by Crippen LogP contribution is 2.57. The molecule has 0 N–H and O–H groups in total. The summed E-state index contributed by atoms with van der Waals surface area (Å²) in [5, 5.41) is 4.30. The molecule has 0 fully saturated rings. The van der Waals surface area contributed by atoms with Crippen LogP contribution in [0.15, 0.2) is 41.5 Å². The number of rotatable bonds is 3. The van der Waals surface area contributed by atoms with Crippen LogP contribution in [0.3, 0.4) is 0 Å². The molecule has 0 bridgehead atoms. The average Bonchev–Trinajstić information content (AvgIpc) is 3.00. The van der Waals surface area contributed by atoms with Gasteiger partial charge in [-0.25, -0.2) is 0 Å². The topological polar surface area (TPSA) is 14.2 Å². The van der Waals surface area contributed by atoms with Crippen LogP contribution < -0.4 is 0 Å². The zero-order valence-corrected chi connectivity index (χ0v) is 12.5. The Hall–Kier alpha value is 0.120. The molecule has 3 heterocycles. The summed E-state index contributed by atoms with van der Waals surface area (Å²) in [7, 11) is 1.74. The molecule has 0 atom stereocenters. The Morgan fingerprint density at radius 3 is 2.29 bits per heavy atom. The number of hydrogen-bond acceptors (Lipinski definition) is 5. The van der Waals surface area contributed by atoms with Gasteiger partial charge in [0, 0.05) is 35.8 Å². The first-order valence-corrected chi connectivity index (χ1v) is 8.53. The highest BCUT2D eigenvalue weighted by molar-refractivity contribution is 8.32. The first-order valence-electron chi connectivity index (χ1n) is 5.14. The highest BCUT2D eigenvalue weighted by atomic mass is 32.2. The Morgan fingerprint density at radius 1 is 1.06 bits per heavy atom. The van der Waals surface area contributed by atoms with Crippen LogP contribution in [-0.2, 0) is 11.3 Å². The van der Waals surface area contributed by atoms with Gasteiger partial charge in [0.15, 0.2) is 0 Å². The monoisotopic (exact) mass is 301 g/mol. The number of nitrogens with zero attached hydrogens (tertiary/aromatic N) is 1. The molecule has 0 aliphatic carbocycles. The molecule has 17 heavy (non-hydrogen) atoms. The van der Waals surface area contributed by atoms with Gasteiger partial charge in [-0.15, -0.1) is 0 Å². The van der Waals surface area contributed by atoms with Crippen molar-refractivity contribution in [1.29, 1.82) is 0 Å². The second-order valence-electron chi connectivity index (χ2n) is 3.50. The number of ether oxygens (including phenoxy) is 1. The van der Waals surface area contributed by atoms with E-state index in [9.17, 15) is 0 Å². The molecule has 0 aromatic carbocycles. The van der Waals surface area contributed by atoms with E-state index in [1.54, 1.807) is 7.11 Å². The minimum absolute atomic E-state index is 0.770. The molecule has 6 heteroatoms. The third-order valence-corrected chi connectivity index (χ3v) is 7.49. The molecule has 3 rings (SSSR count). The maximum absolute atomic E-state index is 5.09. The largest absolute Gasteiger partial charge is 0.383 e. The molecule has 0 radical (unpaired) electrons. The first-order chi connectivity index (χ1) is 8.36. The van der Waals surface area contributed by atoms with Crippen molar-refractivity contribution >= 4 is 47.0 Å². The van der Waals surface area contributed by atoms with Gasteiger partial charge in [-0.2, -0.15) is 0 Å². The molecule has 0 amide bonds. The molecule has 1 aromatic rings. The predicted molar refractivity (Wildman–Crippen MR) is 79.4 cm³/mol. The third-order valence-electron chi connectivity index (χ3n) is 2.34. The fourth-order valence-corrected chi connectivity index (χ4v) is 6.27. The quantitative estimate of drug-likeness (QED) is 0.818. The summed E-state index contributed by atoms with van der Waals surface area (Å²) in [6, 6.07) is 0. The zero-order chi connectivity index (χ0) is 11.7. The molecule has 2 aliphatic heterocycles. The summed E-state index contributed by atoms with van der Waals surface area (Å²) in [5.74, 6) is 0. The summed E-state index contributed by atoms with van der Waals surface area (Å²) in [6.45, 7) is 1.70. The van der Waals surface area contributed by atoms with Crippen LogP contribution in [0, 0.1) is 0 Å². The van der Waals surface area contributed by atoms with Crippen molar-refractivity contribution in [3.63, 3.8) is 0 Å². The fourth-order valence-electron chi connectivity index (χ4n) is 1.55. The molecule has 0 spiro atoms. The van der Waals surface area contributed by atoms with Crippen LogP contribution in [0.1, 0.15) is 0 Å². The van der Waals surface area contributed by atoms with Crippen molar-refractivity contribution < 1.29 is 4.74 Å². The number of aromatic nitrogens is 1. The van der Waals surface area contributed by atoms with Gasteiger partial charge in [-0.1, -0.05) is 47.0 Å². The van der Waals surface area contributed by atoms with E-state index in [0.717, 1.165) is 13.2 Å². The van der Waals surface area contributed by atoms with Gasteiger partial charge >= 0.3 is 0 Å². The average molecular weight is 301 g/mol. The van der Waals surface area contributed by atoms with E-state index in [2.05, 4.69) is 27.8 Å². The maximum Gasteiger partial charge on any atom is 0.0707 e. The number of fused-ring (bicyclic) bond motifs is 1. The summed E-state index contributed by atoms with van der Waals surface area (Å²) >= 11 is 7.42. The number of thioether (sulfide) groups is 4. The van der Waals surface area contributed by atoms with Gasteiger partial charge in [-0.3, -0.25) is 0 Å². The lowest BCUT2D eigenvalue weighted by Gasteiger charge is -2.03. The minimum atomic E-state index is 0.770. The van der Waals surface area contributed by atoms with Crippen LogP contribution in [0.5, 0.6) is 0 Å². The normalized spacial score (nSPS) is 18.2. The lowest BCUT2D eigenvalue weighted by atomic mass is 10.7. The lowest BCUT2D eigenvalue weighted by Crippen LogP contribution is -2.00. The molecule has 2 aliphatic rings. The molecule has 0 saturated heterocycles. The van der Waals surface area contributed by atoms with Gasteiger partial charge in [0.2, 0.25) is 0 Å². The van der Waals surface area contributed by atoms with E-state index < -0.39 is 0 Å². The number of hydrogen-bond donors (Lipinski definition) is 0. The maximum atomic E-state index is 5.09. The predicted octanol–water partition coefficient (Wildman–Crippen LogP) is 4.41. The summed E-state index contributed by atoms with van der Waals surface area (Å²) in [5.41, 5.74) is 0. The van der Waals surface area contributed by atoms with Gasteiger partial charge in [0.1, 0.15) is 0 Å². The van der Waals surface area contributed by atoms with Crippen LogP contribution in [-0.4, -0.2) is 18.3 Å². The van der Waals surface area contributed by atoms with E-state index >= 15 is 0 Å². The highest BCUT2D eigenvalue weighted by Gasteiger charge is 2.24. The van der Waals surface area contributed by atoms with Gasteiger partial charge in [-0.05, 0) is 10.8 Å². The second-order valence-corrected chi connectivity index (χ2v) is 7.96. The van der Waals surface area contributed by atoms with Crippen molar-refractivity contribution in [1.82, 2.24) is 4.57 Å². The van der Waals surface area contributed by atoms with Gasteiger partial charge in [0.05, 0.1) is 15.1 Å². The molecular formula is C11H11NOS4. The SMILES string of the molecule is COCCn1cc2c(c1)SC(=C1SC=CS1)S2. The Labute approximate surface area is 118 Å². The Kier molecular flexibility index (Phi) is 3.87. The van der Waals surface area contributed by atoms with E-state index in [1.807, 2.05) is 47.0 Å². The standard InChI is InChI=1S/C11H11NOS4/c1-13-3-2-12-6-8-9(7-12)17-11(16-8)10-14-4-5-15-10/h4-7H,2-3H2,1H3. The van der Waals surface area contributed by atoms with Crippen LogP contribution >= 0.6 is 47.0 Å². The summed E-state index contributed by atoms with van der Waals surface area (Å²) in [4.78, 5) is 2.75. The fraction of sp³-hybridized carbons (Fsp3) is 0.273. The van der Waals surface area contributed by atoms with Crippen molar-refractivity contribution in [3.8, 4) is 0 Å². The Bertz CT molecular complexity index is 456. The van der Waals surface area contributed by atoms with E-state index in [1.165, 1.54) is 18.3 Å². The van der Waals surface area contributed by atoms with E-state index in [-0.39, 0.29) is 0 Å². The summed E-state index contributed by atoms with van der Waals surface area (Å²) in [6.07, 6.45) is 4.44. The van der Waals surface area contributed by atoms with Crippen molar-refractivity contribution in [2.75, 3.05) is 13.7 Å². The minimum Gasteiger partial charge on any atom is -0.383 e. The first kappa shape index (κ1) is 12.2. The second kappa shape index (κ2) is 5.40. The van der Waals surface area contributed by atoms with E-state index in [4.69, 9.17) is 4.74 Å². The zero-order valence-electron chi connectivity index (χ0n) is 9.21. The van der Waals surface area contributed by atoms with Gasteiger partial charge < -0.3 is 9.30 Å². The van der Waals surface area contributed by atoms with Crippen LogP contribution in [0.25, 0.3) is 0 Å². The van der Waals surface area contributed by atoms with Crippen molar-refractivity contribution in [2.24, 2.45) is 0 Å². The summed E-state index contributed by atoms with van der Waals surface area (Å²) < 4.78 is 10.1. The number of methoxy groups -OCH3 is 1. The molecule has 90 valence electrons.